The maximum Gasteiger partial charge on any atom is 0.247 e. The van der Waals surface area contributed by atoms with Gasteiger partial charge in [0.15, 0.2) is 5.15 Å². The van der Waals surface area contributed by atoms with E-state index < -0.39 is 0 Å². The standard InChI is InChI=1S/C11H10ClN3OS/c1-17-8-4-2-7(3-5-8)16-11-9(13)10(12)14-6-15-11/h2-6H,13H2,1H3. The number of nitrogens with zero attached hydrogens (tertiary/aromatic N) is 2. The molecule has 1 heterocycles. The average Bonchev–Trinajstić information content (AvgIpc) is 2.36. The minimum absolute atomic E-state index is 0.190. The van der Waals surface area contributed by atoms with Crippen LogP contribution in [0.4, 0.5) is 5.69 Å². The van der Waals surface area contributed by atoms with Gasteiger partial charge in [-0.3, -0.25) is 0 Å². The van der Waals surface area contributed by atoms with Crippen molar-refractivity contribution in [2.75, 3.05) is 12.0 Å². The van der Waals surface area contributed by atoms with Gasteiger partial charge in [-0.15, -0.1) is 11.8 Å². The van der Waals surface area contributed by atoms with Crippen LogP contribution in [0.1, 0.15) is 0 Å². The summed E-state index contributed by atoms with van der Waals surface area (Å²) in [4.78, 5) is 8.84. The lowest BCUT2D eigenvalue weighted by atomic mass is 10.3. The summed E-state index contributed by atoms with van der Waals surface area (Å²) in [6.07, 6.45) is 3.32. The number of hydrogen-bond acceptors (Lipinski definition) is 5. The molecule has 17 heavy (non-hydrogen) atoms. The van der Waals surface area contributed by atoms with Crippen LogP contribution in [0, 0.1) is 0 Å². The van der Waals surface area contributed by atoms with Crippen molar-refractivity contribution in [2.24, 2.45) is 0 Å². The fraction of sp³-hybridized carbons (Fsp3) is 0.0909. The zero-order chi connectivity index (χ0) is 12.3. The first kappa shape index (κ1) is 12.0. The van der Waals surface area contributed by atoms with Crippen LogP contribution in [0.5, 0.6) is 11.6 Å². The third-order valence-electron chi connectivity index (χ3n) is 2.07. The summed E-state index contributed by atoms with van der Waals surface area (Å²) in [5.74, 6) is 0.922. The lowest BCUT2D eigenvalue weighted by Gasteiger charge is -2.07. The van der Waals surface area contributed by atoms with Crippen molar-refractivity contribution in [3.63, 3.8) is 0 Å². The Balaban J connectivity index is 2.22. The predicted molar refractivity (Wildman–Crippen MR) is 69.8 cm³/mol. The third-order valence-corrected chi connectivity index (χ3v) is 3.12. The Morgan fingerprint density at radius 3 is 2.59 bits per heavy atom. The molecule has 0 radical (unpaired) electrons. The van der Waals surface area contributed by atoms with E-state index in [1.165, 1.54) is 6.33 Å². The van der Waals surface area contributed by atoms with Crippen molar-refractivity contribution in [3.05, 3.63) is 35.7 Å². The van der Waals surface area contributed by atoms with Crippen molar-refractivity contribution in [1.29, 1.82) is 0 Å². The molecule has 0 atom stereocenters. The summed E-state index contributed by atoms with van der Waals surface area (Å²) < 4.78 is 5.52. The summed E-state index contributed by atoms with van der Waals surface area (Å²) in [6.45, 7) is 0. The van der Waals surface area contributed by atoms with E-state index in [4.69, 9.17) is 22.1 Å². The molecule has 0 saturated heterocycles. The van der Waals surface area contributed by atoms with Crippen LogP contribution in [0.3, 0.4) is 0 Å². The molecule has 2 rings (SSSR count). The minimum Gasteiger partial charge on any atom is -0.437 e. The second-order valence-corrected chi connectivity index (χ2v) is 4.40. The second-order valence-electron chi connectivity index (χ2n) is 3.16. The van der Waals surface area contributed by atoms with Crippen molar-refractivity contribution in [3.8, 4) is 11.6 Å². The van der Waals surface area contributed by atoms with Crippen molar-refractivity contribution in [2.45, 2.75) is 4.90 Å². The van der Waals surface area contributed by atoms with Gasteiger partial charge in [-0.1, -0.05) is 11.6 Å². The highest BCUT2D eigenvalue weighted by Crippen LogP contribution is 2.29. The number of thioether (sulfide) groups is 1. The Morgan fingerprint density at radius 1 is 1.24 bits per heavy atom. The summed E-state index contributed by atoms with van der Waals surface area (Å²) in [7, 11) is 0. The number of nitrogens with two attached hydrogens (primary N) is 1. The molecule has 0 saturated carbocycles. The molecule has 1 aromatic heterocycles. The number of hydrogen-bond donors (Lipinski definition) is 1. The van der Waals surface area contributed by atoms with Crippen LogP contribution in [0.15, 0.2) is 35.5 Å². The smallest absolute Gasteiger partial charge is 0.247 e. The number of ether oxygens (including phenoxy) is 1. The van der Waals surface area contributed by atoms with Crippen LogP contribution in [0.2, 0.25) is 5.15 Å². The van der Waals surface area contributed by atoms with E-state index in [1.54, 1.807) is 11.8 Å². The van der Waals surface area contributed by atoms with Crippen molar-refractivity contribution in [1.82, 2.24) is 9.97 Å². The van der Waals surface area contributed by atoms with Crippen LogP contribution in [0.25, 0.3) is 0 Å². The number of halogens is 1. The summed E-state index contributed by atoms with van der Waals surface area (Å²) in [6, 6.07) is 7.61. The van der Waals surface area contributed by atoms with E-state index in [0.717, 1.165) is 4.90 Å². The fourth-order valence-corrected chi connectivity index (χ4v) is 1.73. The molecule has 0 aliphatic heterocycles. The zero-order valence-electron chi connectivity index (χ0n) is 9.05. The Labute approximate surface area is 108 Å². The molecule has 2 N–H and O–H groups in total. The Bertz CT molecular complexity index is 519. The first-order chi connectivity index (χ1) is 8.20. The van der Waals surface area contributed by atoms with Gasteiger partial charge in [0, 0.05) is 4.90 Å². The van der Waals surface area contributed by atoms with Gasteiger partial charge >= 0.3 is 0 Å². The molecule has 1 aromatic carbocycles. The number of rotatable bonds is 3. The number of nitrogen functional groups attached to an aromatic ring is 1. The van der Waals surface area contributed by atoms with E-state index in [2.05, 4.69) is 9.97 Å². The monoisotopic (exact) mass is 267 g/mol. The molecule has 4 nitrogen and oxygen atoms in total. The third kappa shape index (κ3) is 2.81. The molecule has 2 aromatic rings. The van der Waals surface area contributed by atoms with E-state index in [-0.39, 0.29) is 16.7 Å². The minimum atomic E-state index is 0.190. The van der Waals surface area contributed by atoms with Gasteiger partial charge in [-0.2, -0.15) is 4.98 Å². The largest absolute Gasteiger partial charge is 0.437 e. The molecule has 0 unspecified atom stereocenters. The molecular formula is C11H10ClN3OS. The Kier molecular flexibility index (Phi) is 3.71. The van der Waals surface area contributed by atoms with E-state index in [9.17, 15) is 0 Å². The maximum absolute atomic E-state index is 5.77. The highest BCUT2D eigenvalue weighted by Gasteiger charge is 2.08. The molecule has 0 amide bonds. The zero-order valence-corrected chi connectivity index (χ0v) is 10.6. The molecule has 6 heteroatoms. The van der Waals surface area contributed by atoms with Gasteiger partial charge in [0.25, 0.3) is 0 Å². The number of benzene rings is 1. The van der Waals surface area contributed by atoms with Crippen LogP contribution < -0.4 is 10.5 Å². The SMILES string of the molecule is CSc1ccc(Oc2ncnc(Cl)c2N)cc1. The lowest BCUT2D eigenvalue weighted by Crippen LogP contribution is -1.97. The molecule has 0 fully saturated rings. The highest BCUT2D eigenvalue weighted by molar-refractivity contribution is 7.98. The van der Waals surface area contributed by atoms with Gasteiger partial charge in [-0.05, 0) is 30.5 Å². The first-order valence-electron chi connectivity index (χ1n) is 4.78. The van der Waals surface area contributed by atoms with Crippen LogP contribution in [-0.4, -0.2) is 16.2 Å². The molecule has 0 aliphatic rings. The molecule has 0 bridgehead atoms. The van der Waals surface area contributed by atoms with Gasteiger partial charge in [0.05, 0.1) is 0 Å². The normalized spacial score (nSPS) is 10.2. The van der Waals surface area contributed by atoms with Crippen molar-refractivity contribution < 1.29 is 4.74 Å². The van der Waals surface area contributed by atoms with E-state index in [1.807, 2.05) is 30.5 Å². The topological polar surface area (TPSA) is 61.0 Å². The van der Waals surface area contributed by atoms with Crippen LogP contribution in [-0.2, 0) is 0 Å². The summed E-state index contributed by atoms with van der Waals surface area (Å²) in [5, 5.41) is 0.190. The number of aromatic nitrogens is 2. The fourth-order valence-electron chi connectivity index (χ4n) is 1.20. The van der Waals surface area contributed by atoms with E-state index >= 15 is 0 Å². The average molecular weight is 268 g/mol. The second kappa shape index (κ2) is 5.25. The van der Waals surface area contributed by atoms with Gasteiger partial charge in [-0.25, -0.2) is 4.98 Å². The first-order valence-corrected chi connectivity index (χ1v) is 6.39. The van der Waals surface area contributed by atoms with Crippen molar-refractivity contribution >= 4 is 29.1 Å². The molecule has 88 valence electrons. The van der Waals surface area contributed by atoms with Crippen LogP contribution >= 0.6 is 23.4 Å². The predicted octanol–water partition coefficient (Wildman–Crippen LogP) is 3.23. The summed E-state index contributed by atoms with van der Waals surface area (Å²) in [5.41, 5.74) is 5.94. The Morgan fingerprint density at radius 2 is 1.94 bits per heavy atom. The van der Waals surface area contributed by atoms with Gasteiger partial charge in [0.2, 0.25) is 5.88 Å². The molecule has 0 spiro atoms. The quantitative estimate of drug-likeness (QED) is 0.683. The highest BCUT2D eigenvalue weighted by atomic mass is 35.5. The lowest BCUT2D eigenvalue weighted by molar-refractivity contribution is 0.464. The molecule has 0 aliphatic carbocycles. The summed E-state index contributed by atoms with van der Waals surface area (Å²) >= 11 is 7.43. The van der Waals surface area contributed by atoms with Gasteiger partial charge < -0.3 is 10.5 Å². The maximum atomic E-state index is 5.77. The van der Waals surface area contributed by atoms with E-state index in [0.29, 0.717) is 5.75 Å². The van der Waals surface area contributed by atoms with Gasteiger partial charge in [0.1, 0.15) is 17.8 Å². The number of anilines is 1. The Hall–Kier alpha value is -1.46. The molecular weight excluding hydrogens is 258 g/mol.